The molecule has 19 heavy (non-hydrogen) atoms. The standard InChI is InChI=1S/C12H17BrN2O2S2/c13-11-7-10(4-5-12(11)14)19(16,17)15-8-9-3-1-2-6-18-9/h4-5,7,9,15H,1-3,6,8,14H2. The number of benzene rings is 1. The molecular formula is C12H17BrN2O2S2. The first-order valence-electron chi connectivity index (χ1n) is 6.15. The first kappa shape index (κ1) is 15.2. The second kappa shape index (κ2) is 6.47. The molecule has 106 valence electrons. The molecule has 1 fully saturated rings. The minimum atomic E-state index is -3.45. The van der Waals surface area contributed by atoms with Crippen LogP contribution in [0.3, 0.4) is 0 Å². The van der Waals surface area contributed by atoms with Crippen LogP contribution >= 0.6 is 27.7 Å². The number of anilines is 1. The van der Waals surface area contributed by atoms with E-state index in [1.165, 1.54) is 25.0 Å². The van der Waals surface area contributed by atoms with Gasteiger partial charge in [0, 0.05) is 22.0 Å². The molecule has 7 heteroatoms. The Bertz CT molecular complexity index is 543. The van der Waals surface area contributed by atoms with Gasteiger partial charge in [-0.2, -0.15) is 11.8 Å². The molecule has 0 aliphatic carbocycles. The fourth-order valence-electron chi connectivity index (χ4n) is 1.93. The van der Waals surface area contributed by atoms with Gasteiger partial charge >= 0.3 is 0 Å². The molecule has 4 nitrogen and oxygen atoms in total. The lowest BCUT2D eigenvalue weighted by Crippen LogP contribution is -2.32. The Morgan fingerprint density at radius 3 is 2.84 bits per heavy atom. The zero-order chi connectivity index (χ0) is 13.9. The zero-order valence-electron chi connectivity index (χ0n) is 10.4. The van der Waals surface area contributed by atoms with Crippen molar-refractivity contribution in [2.24, 2.45) is 0 Å². The highest BCUT2D eigenvalue weighted by atomic mass is 79.9. The molecule has 1 saturated heterocycles. The number of rotatable bonds is 4. The molecule has 1 aromatic carbocycles. The molecule has 1 aromatic rings. The Kier molecular flexibility index (Phi) is 5.16. The van der Waals surface area contributed by atoms with Gasteiger partial charge in [-0.3, -0.25) is 0 Å². The van der Waals surface area contributed by atoms with Gasteiger partial charge in [-0.15, -0.1) is 0 Å². The van der Waals surface area contributed by atoms with Gasteiger partial charge in [-0.1, -0.05) is 6.42 Å². The molecule has 0 aromatic heterocycles. The SMILES string of the molecule is Nc1ccc(S(=O)(=O)NCC2CCCCS2)cc1Br. The second-order valence-corrected chi connectivity index (χ2v) is 8.55. The molecule has 0 saturated carbocycles. The molecule has 3 N–H and O–H groups in total. The molecule has 1 aliphatic rings. The molecule has 0 amide bonds. The Hall–Kier alpha value is -0.240. The van der Waals surface area contributed by atoms with E-state index in [0.717, 1.165) is 12.2 Å². The van der Waals surface area contributed by atoms with Crippen molar-refractivity contribution in [2.75, 3.05) is 18.0 Å². The summed E-state index contributed by atoms with van der Waals surface area (Å²) in [7, 11) is -3.45. The van der Waals surface area contributed by atoms with Crippen LogP contribution in [-0.4, -0.2) is 26.0 Å². The highest BCUT2D eigenvalue weighted by Gasteiger charge is 2.19. The van der Waals surface area contributed by atoms with Gasteiger partial charge in [0.1, 0.15) is 0 Å². The molecule has 0 spiro atoms. The van der Waals surface area contributed by atoms with Gasteiger partial charge in [0.15, 0.2) is 0 Å². The van der Waals surface area contributed by atoms with Gasteiger partial charge in [0.25, 0.3) is 0 Å². The first-order chi connectivity index (χ1) is 8.99. The maximum Gasteiger partial charge on any atom is 0.240 e. The lowest BCUT2D eigenvalue weighted by atomic mass is 10.2. The molecule has 1 atom stereocenters. The van der Waals surface area contributed by atoms with Crippen molar-refractivity contribution in [2.45, 2.75) is 29.4 Å². The topological polar surface area (TPSA) is 72.2 Å². The maximum absolute atomic E-state index is 12.2. The van der Waals surface area contributed by atoms with Crippen molar-refractivity contribution in [3.05, 3.63) is 22.7 Å². The Labute approximate surface area is 126 Å². The third kappa shape index (κ3) is 4.11. The summed E-state index contributed by atoms with van der Waals surface area (Å²) < 4.78 is 27.6. The number of sulfonamides is 1. The Morgan fingerprint density at radius 1 is 1.42 bits per heavy atom. The zero-order valence-corrected chi connectivity index (χ0v) is 13.7. The summed E-state index contributed by atoms with van der Waals surface area (Å²) in [5.74, 6) is 1.12. The fourth-order valence-corrected chi connectivity index (χ4v) is 4.91. The van der Waals surface area contributed by atoms with Crippen molar-refractivity contribution in [3.63, 3.8) is 0 Å². The van der Waals surface area contributed by atoms with E-state index in [0.29, 0.717) is 22.0 Å². The molecule has 0 bridgehead atoms. The summed E-state index contributed by atoms with van der Waals surface area (Å²) in [5, 5.41) is 0.390. The summed E-state index contributed by atoms with van der Waals surface area (Å²) >= 11 is 5.09. The number of thioether (sulfide) groups is 1. The predicted molar refractivity (Wildman–Crippen MR) is 83.8 cm³/mol. The van der Waals surface area contributed by atoms with Crippen LogP contribution in [0.25, 0.3) is 0 Å². The van der Waals surface area contributed by atoms with Gasteiger partial charge in [0.05, 0.1) is 4.90 Å². The molecular weight excluding hydrogens is 348 g/mol. The maximum atomic E-state index is 12.2. The molecule has 1 aliphatic heterocycles. The minimum absolute atomic E-state index is 0.245. The fraction of sp³-hybridized carbons (Fsp3) is 0.500. The Morgan fingerprint density at radius 2 is 2.21 bits per heavy atom. The van der Waals surface area contributed by atoms with Crippen LogP contribution in [-0.2, 0) is 10.0 Å². The lowest BCUT2D eigenvalue weighted by Gasteiger charge is -2.21. The quantitative estimate of drug-likeness (QED) is 0.805. The first-order valence-corrected chi connectivity index (χ1v) is 9.48. The largest absolute Gasteiger partial charge is 0.398 e. The minimum Gasteiger partial charge on any atom is -0.398 e. The Balaban J connectivity index is 2.02. The second-order valence-electron chi connectivity index (χ2n) is 4.52. The third-order valence-corrected chi connectivity index (χ3v) is 6.56. The summed E-state index contributed by atoms with van der Waals surface area (Å²) in [6.07, 6.45) is 3.50. The smallest absolute Gasteiger partial charge is 0.240 e. The highest BCUT2D eigenvalue weighted by Crippen LogP contribution is 2.26. The van der Waals surface area contributed by atoms with Crippen LogP contribution in [0.4, 0.5) is 5.69 Å². The van der Waals surface area contributed by atoms with E-state index >= 15 is 0 Å². The number of hydrogen-bond donors (Lipinski definition) is 2. The normalized spacial score (nSPS) is 20.4. The average Bonchev–Trinajstić information content (AvgIpc) is 2.41. The van der Waals surface area contributed by atoms with Gasteiger partial charge in [-0.05, 0) is 52.7 Å². The molecule has 0 radical (unpaired) electrons. The number of nitrogen functional groups attached to an aromatic ring is 1. The van der Waals surface area contributed by atoms with Crippen LogP contribution in [0.15, 0.2) is 27.6 Å². The van der Waals surface area contributed by atoms with Crippen LogP contribution in [0.5, 0.6) is 0 Å². The van der Waals surface area contributed by atoms with E-state index in [-0.39, 0.29) is 4.90 Å². The van der Waals surface area contributed by atoms with Crippen molar-refractivity contribution in [1.29, 1.82) is 0 Å². The van der Waals surface area contributed by atoms with E-state index in [1.807, 2.05) is 11.8 Å². The van der Waals surface area contributed by atoms with Gasteiger partial charge in [0.2, 0.25) is 10.0 Å². The summed E-state index contributed by atoms with van der Waals surface area (Å²) in [6, 6.07) is 4.65. The summed E-state index contributed by atoms with van der Waals surface area (Å²) in [4.78, 5) is 0.245. The van der Waals surface area contributed by atoms with E-state index in [9.17, 15) is 8.42 Å². The summed E-state index contributed by atoms with van der Waals surface area (Å²) in [6.45, 7) is 0.495. The van der Waals surface area contributed by atoms with Crippen LogP contribution in [0.2, 0.25) is 0 Å². The van der Waals surface area contributed by atoms with Crippen LogP contribution in [0, 0.1) is 0 Å². The van der Waals surface area contributed by atoms with E-state index in [2.05, 4.69) is 20.7 Å². The number of hydrogen-bond acceptors (Lipinski definition) is 4. The third-order valence-electron chi connectivity index (χ3n) is 3.06. The van der Waals surface area contributed by atoms with Crippen LogP contribution < -0.4 is 10.5 Å². The van der Waals surface area contributed by atoms with E-state index < -0.39 is 10.0 Å². The van der Waals surface area contributed by atoms with Crippen molar-refractivity contribution < 1.29 is 8.42 Å². The van der Waals surface area contributed by atoms with Crippen molar-refractivity contribution >= 4 is 43.4 Å². The summed E-state index contributed by atoms with van der Waals surface area (Å²) in [5.41, 5.74) is 6.19. The van der Waals surface area contributed by atoms with Gasteiger partial charge in [-0.25, -0.2) is 13.1 Å². The lowest BCUT2D eigenvalue weighted by molar-refractivity contribution is 0.574. The number of nitrogens with one attached hydrogen (secondary N) is 1. The van der Waals surface area contributed by atoms with Crippen molar-refractivity contribution in [3.8, 4) is 0 Å². The molecule has 1 heterocycles. The van der Waals surface area contributed by atoms with E-state index in [4.69, 9.17) is 5.73 Å². The van der Waals surface area contributed by atoms with Crippen molar-refractivity contribution in [1.82, 2.24) is 4.72 Å². The number of nitrogens with two attached hydrogens (primary N) is 1. The van der Waals surface area contributed by atoms with Gasteiger partial charge < -0.3 is 5.73 Å². The monoisotopic (exact) mass is 364 g/mol. The predicted octanol–water partition coefficient (Wildman–Crippen LogP) is 2.60. The van der Waals surface area contributed by atoms with E-state index in [1.54, 1.807) is 6.07 Å². The molecule has 1 unspecified atom stereocenters. The number of halogens is 1. The average molecular weight is 365 g/mol. The molecule has 2 rings (SSSR count). The van der Waals surface area contributed by atoms with Crippen LogP contribution in [0.1, 0.15) is 19.3 Å². The highest BCUT2D eigenvalue weighted by molar-refractivity contribution is 9.10.